The lowest BCUT2D eigenvalue weighted by Crippen LogP contribution is -2.40. The summed E-state index contributed by atoms with van der Waals surface area (Å²) in [5, 5.41) is 16.4. The number of carbonyl (C=O) groups is 2. The van der Waals surface area contributed by atoms with E-state index in [0.717, 1.165) is 30.8 Å². The number of aliphatic hydroxyl groups is 1. The number of aliphatic hydroxyl groups excluding tert-OH is 1. The summed E-state index contributed by atoms with van der Waals surface area (Å²) in [6.07, 6.45) is 4.65. The number of benzene rings is 2. The topological polar surface area (TPSA) is 110 Å². The number of fused-ring (bicyclic) bond motifs is 2. The number of rotatable bonds is 8. The maximum Gasteiger partial charge on any atom is 0.254 e. The molecule has 0 radical (unpaired) electrons. The molecule has 0 fully saturated rings. The van der Waals surface area contributed by atoms with Gasteiger partial charge in [-0.1, -0.05) is 31.9 Å². The Morgan fingerprint density at radius 1 is 0.938 bits per heavy atom. The summed E-state index contributed by atoms with van der Waals surface area (Å²) in [5.41, 5.74) is 2.83. The highest BCUT2D eigenvalue weighted by molar-refractivity contribution is 9.10. The molecule has 32 heavy (non-hydrogen) atoms. The molecule has 0 saturated carbocycles. The Kier molecular flexibility index (Phi) is 6.98. The van der Waals surface area contributed by atoms with Crippen LogP contribution in [0.4, 0.5) is 0 Å². The molecule has 2 amide bonds. The van der Waals surface area contributed by atoms with Crippen molar-refractivity contribution in [3.8, 4) is 0 Å². The van der Waals surface area contributed by atoms with Crippen LogP contribution in [0, 0.1) is 0 Å². The first-order valence-corrected chi connectivity index (χ1v) is 11.8. The summed E-state index contributed by atoms with van der Waals surface area (Å²) in [4.78, 5) is 32.6. The van der Waals surface area contributed by atoms with Gasteiger partial charge in [-0.05, 0) is 49.2 Å². The third kappa shape index (κ3) is 4.74. The van der Waals surface area contributed by atoms with E-state index in [1.807, 2.05) is 36.4 Å². The molecule has 7 nitrogen and oxygen atoms in total. The van der Waals surface area contributed by atoms with Gasteiger partial charge in [0.1, 0.15) is 6.04 Å². The van der Waals surface area contributed by atoms with E-state index in [9.17, 15) is 9.59 Å². The van der Waals surface area contributed by atoms with Gasteiger partial charge in [-0.25, -0.2) is 0 Å². The Balaban J connectivity index is 1.66. The highest BCUT2D eigenvalue weighted by Crippen LogP contribution is 2.29. The van der Waals surface area contributed by atoms with E-state index in [1.165, 1.54) is 0 Å². The molecule has 0 aliphatic carbocycles. The SMILES string of the molecule is O=C(NC(C(=O)NCCCCO)c1c[nH]c2ccc(Br)cc12)c1c[nH]c2ccc(Br)cc12. The average Bonchev–Trinajstić information content (AvgIpc) is 3.38. The number of aromatic nitrogens is 2. The molecular formula is C23H22Br2N4O3. The quantitative estimate of drug-likeness (QED) is 0.204. The van der Waals surface area contributed by atoms with Gasteiger partial charge in [0.25, 0.3) is 5.91 Å². The van der Waals surface area contributed by atoms with E-state index in [4.69, 9.17) is 5.11 Å². The van der Waals surface area contributed by atoms with Gasteiger partial charge in [0, 0.05) is 61.9 Å². The molecule has 4 aromatic rings. The van der Waals surface area contributed by atoms with Gasteiger partial charge in [-0.15, -0.1) is 0 Å². The first-order valence-electron chi connectivity index (χ1n) is 10.2. The molecule has 5 N–H and O–H groups in total. The van der Waals surface area contributed by atoms with E-state index in [1.54, 1.807) is 12.4 Å². The Morgan fingerprint density at radius 2 is 1.59 bits per heavy atom. The molecule has 9 heteroatoms. The number of halogens is 2. The Morgan fingerprint density at radius 3 is 2.31 bits per heavy atom. The van der Waals surface area contributed by atoms with Crippen molar-refractivity contribution in [1.82, 2.24) is 20.6 Å². The van der Waals surface area contributed by atoms with E-state index in [2.05, 4.69) is 52.5 Å². The van der Waals surface area contributed by atoms with Crippen molar-refractivity contribution in [2.45, 2.75) is 18.9 Å². The lowest BCUT2D eigenvalue weighted by atomic mass is 10.0. The first kappa shape index (κ1) is 22.6. The van der Waals surface area contributed by atoms with Crippen molar-refractivity contribution in [1.29, 1.82) is 0 Å². The number of unbranched alkanes of at least 4 members (excludes halogenated alkanes) is 1. The molecule has 0 aliphatic heterocycles. The lowest BCUT2D eigenvalue weighted by molar-refractivity contribution is -0.123. The molecule has 2 aromatic carbocycles. The number of H-pyrrole nitrogens is 2. The Bertz CT molecular complexity index is 1280. The first-order chi connectivity index (χ1) is 15.5. The highest BCUT2D eigenvalue weighted by Gasteiger charge is 2.27. The molecule has 4 rings (SSSR count). The van der Waals surface area contributed by atoms with Crippen LogP contribution < -0.4 is 10.6 Å². The summed E-state index contributed by atoms with van der Waals surface area (Å²) in [7, 11) is 0. The molecule has 1 unspecified atom stereocenters. The Hall–Kier alpha value is -2.62. The molecule has 2 aromatic heterocycles. The monoisotopic (exact) mass is 560 g/mol. The maximum atomic E-state index is 13.2. The van der Waals surface area contributed by atoms with E-state index < -0.39 is 6.04 Å². The van der Waals surface area contributed by atoms with Gasteiger partial charge in [0.05, 0.1) is 5.56 Å². The minimum absolute atomic E-state index is 0.0721. The van der Waals surface area contributed by atoms with Crippen molar-refractivity contribution in [2.24, 2.45) is 0 Å². The third-order valence-electron chi connectivity index (χ3n) is 5.30. The van der Waals surface area contributed by atoms with Gasteiger partial charge in [-0.2, -0.15) is 0 Å². The van der Waals surface area contributed by atoms with Gasteiger partial charge in [0.15, 0.2) is 0 Å². The van der Waals surface area contributed by atoms with Crippen molar-refractivity contribution in [3.05, 3.63) is 68.9 Å². The number of amides is 2. The number of hydrogen-bond donors (Lipinski definition) is 5. The number of carbonyl (C=O) groups excluding carboxylic acids is 2. The fourth-order valence-electron chi connectivity index (χ4n) is 3.68. The van der Waals surface area contributed by atoms with Crippen molar-refractivity contribution < 1.29 is 14.7 Å². The fourth-order valence-corrected chi connectivity index (χ4v) is 4.40. The van der Waals surface area contributed by atoms with Crippen LogP contribution in [0.1, 0.15) is 34.8 Å². The van der Waals surface area contributed by atoms with E-state index in [0.29, 0.717) is 30.5 Å². The zero-order valence-electron chi connectivity index (χ0n) is 17.0. The fraction of sp³-hybridized carbons (Fsp3) is 0.217. The van der Waals surface area contributed by atoms with Crippen LogP contribution >= 0.6 is 31.9 Å². The van der Waals surface area contributed by atoms with E-state index in [-0.39, 0.29) is 18.4 Å². The predicted molar refractivity (Wildman–Crippen MR) is 132 cm³/mol. The van der Waals surface area contributed by atoms with Crippen molar-refractivity contribution >= 4 is 65.5 Å². The zero-order valence-corrected chi connectivity index (χ0v) is 20.2. The summed E-state index contributed by atoms with van der Waals surface area (Å²) in [6, 6.07) is 10.5. The normalized spacial score (nSPS) is 12.2. The van der Waals surface area contributed by atoms with Gasteiger partial charge >= 0.3 is 0 Å². The lowest BCUT2D eigenvalue weighted by Gasteiger charge is -2.18. The van der Waals surface area contributed by atoms with Crippen LogP contribution in [0.5, 0.6) is 0 Å². The molecule has 0 saturated heterocycles. The van der Waals surface area contributed by atoms with Crippen molar-refractivity contribution in [3.63, 3.8) is 0 Å². The molecule has 0 bridgehead atoms. The average molecular weight is 562 g/mol. The molecule has 1 atom stereocenters. The second kappa shape index (κ2) is 9.89. The number of aromatic amines is 2. The van der Waals surface area contributed by atoms with Gasteiger partial charge < -0.3 is 25.7 Å². The second-order valence-electron chi connectivity index (χ2n) is 7.45. The van der Waals surface area contributed by atoms with E-state index >= 15 is 0 Å². The van der Waals surface area contributed by atoms with Crippen LogP contribution in [0.2, 0.25) is 0 Å². The largest absolute Gasteiger partial charge is 0.396 e. The smallest absolute Gasteiger partial charge is 0.254 e. The van der Waals surface area contributed by atoms with Crippen LogP contribution in [-0.2, 0) is 4.79 Å². The summed E-state index contributed by atoms with van der Waals surface area (Å²) >= 11 is 6.92. The molecule has 0 spiro atoms. The summed E-state index contributed by atoms with van der Waals surface area (Å²) in [5.74, 6) is -0.660. The standard InChI is InChI=1S/C23H22Br2N4O3/c24-13-3-5-19-15(9-13)17(11-27-19)21(23(32)26-7-1-2-8-30)29-22(31)18-12-28-20-6-4-14(25)10-16(18)20/h3-6,9-12,21,27-28,30H,1-2,7-8H2,(H,26,32)(H,29,31). The van der Waals surface area contributed by atoms with Crippen LogP contribution in [0.15, 0.2) is 57.7 Å². The molecule has 0 aliphatic rings. The van der Waals surface area contributed by atoms with Crippen LogP contribution in [0.25, 0.3) is 21.8 Å². The minimum Gasteiger partial charge on any atom is -0.396 e. The third-order valence-corrected chi connectivity index (χ3v) is 6.28. The predicted octanol–water partition coefficient (Wildman–Crippen LogP) is 4.53. The van der Waals surface area contributed by atoms with Gasteiger partial charge in [-0.3, -0.25) is 9.59 Å². The maximum absolute atomic E-state index is 13.2. The highest BCUT2D eigenvalue weighted by atomic mass is 79.9. The number of nitrogens with one attached hydrogen (secondary N) is 4. The molecule has 2 heterocycles. The van der Waals surface area contributed by atoms with Crippen LogP contribution in [-0.4, -0.2) is 40.0 Å². The summed E-state index contributed by atoms with van der Waals surface area (Å²) < 4.78 is 1.74. The van der Waals surface area contributed by atoms with Crippen LogP contribution in [0.3, 0.4) is 0 Å². The molecular weight excluding hydrogens is 540 g/mol. The molecule has 166 valence electrons. The summed E-state index contributed by atoms with van der Waals surface area (Å²) in [6.45, 7) is 0.487. The zero-order chi connectivity index (χ0) is 22.7. The minimum atomic E-state index is -0.892. The number of hydrogen-bond acceptors (Lipinski definition) is 3. The van der Waals surface area contributed by atoms with Crippen molar-refractivity contribution in [2.75, 3.05) is 13.2 Å². The van der Waals surface area contributed by atoms with Gasteiger partial charge in [0.2, 0.25) is 5.91 Å². The Labute approximate surface area is 201 Å². The second-order valence-corrected chi connectivity index (χ2v) is 9.29.